The molecular weight excluding hydrogens is 304 g/mol. The molecule has 0 fully saturated rings. The number of nitrogens with zero attached hydrogens (tertiary/aromatic N) is 3. The molecule has 1 N–H and O–H groups in total. The standard InChI is InChI=1S/C11H11ClN4O3S/c1-8-2-3-10(5-13-8)20(18,19)15-11(17)7-16-6-9(12)4-14-16/h2-6H,7H2,1H3,(H,15,17). The highest BCUT2D eigenvalue weighted by molar-refractivity contribution is 7.90. The van der Waals surface area contributed by atoms with Gasteiger partial charge in [0.05, 0.1) is 11.2 Å². The van der Waals surface area contributed by atoms with Gasteiger partial charge in [-0.25, -0.2) is 13.1 Å². The molecule has 0 saturated carbocycles. The maximum absolute atomic E-state index is 11.9. The number of nitrogens with one attached hydrogen (secondary N) is 1. The number of carbonyl (C=O) groups is 1. The van der Waals surface area contributed by atoms with Crippen molar-refractivity contribution < 1.29 is 13.2 Å². The maximum Gasteiger partial charge on any atom is 0.265 e. The van der Waals surface area contributed by atoms with Crippen LogP contribution in [0.3, 0.4) is 0 Å². The van der Waals surface area contributed by atoms with E-state index in [1.807, 2.05) is 4.72 Å². The van der Waals surface area contributed by atoms with Crippen LogP contribution in [0.15, 0.2) is 35.6 Å². The number of halogens is 1. The Labute approximate surface area is 120 Å². The Bertz CT molecular complexity index is 724. The first kappa shape index (κ1) is 14.5. The first-order valence-electron chi connectivity index (χ1n) is 5.53. The van der Waals surface area contributed by atoms with Gasteiger partial charge in [0.2, 0.25) is 0 Å². The van der Waals surface area contributed by atoms with Crippen LogP contribution in [0.1, 0.15) is 5.69 Å². The highest BCUT2D eigenvalue weighted by Crippen LogP contribution is 2.08. The Kier molecular flexibility index (Phi) is 4.05. The van der Waals surface area contributed by atoms with E-state index in [2.05, 4.69) is 10.1 Å². The highest BCUT2D eigenvalue weighted by Gasteiger charge is 2.18. The number of pyridine rings is 1. The summed E-state index contributed by atoms with van der Waals surface area (Å²) in [5.74, 6) is -0.717. The molecule has 106 valence electrons. The predicted molar refractivity (Wildman–Crippen MR) is 71.5 cm³/mol. The van der Waals surface area contributed by atoms with Crippen LogP contribution in [0.25, 0.3) is 0 Å². The lowest BCUT2D eigenvalue weighted by Gasteiger charge is -2.06. The Morgan fingerprint density at radius 3 is 2.70 bits per heavy atom. The molecule has 0 aromatic carbocycles. The smallest absolute Gasteiger partial charge is 0.265 e. The molecule has 20 heavy (non-hydrogen) atoms. The monoisotopic (exact) mass is 314 g/mol. The molecule has 2 heterocycles. The SMILES string of the molecule is Cc1ccc(S(=O)(=O)NC(=O)Cn2cc(Cl)cn2)cn1. The van der Waals surface area contributed by atoms with Crippen molar-refractivity contribution in [3.05, 3.63) is 41.4 Å². The van der Waals surface area contributed by atoms with Crippen LogP contribution >= 0.6 is 11.6 Å². The van der Waals surface area contributed by atoms with Crippen molar-refractivity contribution in [1.82, 2.24) is 19.5 Å². The van der Waals surface area contributed by atoms with Gasteiger partial charge in [0.15, 0.2) is 0 Å². The van der Waals surface area contributed by atoms with E-state index < -0.39 is 15.9 Å². The van der Waals surface area contributed by atoms with Gasteiger partial charge in [0, 0.05) is 18.1 Å². The van der Waals surface area contributed by atoms with Crippen LogP contribution in [0, 0.1) is 6.92 Å². The molecule has 2 aromatic rings. The van der Waals surface area contributed by atoms with Gasteiger partial charge in [0.1, 0.15) is 11.4 Å². The Balaban J connectivity index is 2.08. The zero-order valence-electron chi connectivity index (χ0n) is 10.4. The van der Waals surface area contributed by atoms with Crippen LogP contribution in [0.2, 0.25) is 5.02 Å². The third-order valence-corrected chi connectivity index (χ3v) is 3.90. The molecule has 0 unspecified atom stereocenters. The third kappa shape index (κ3) is 3.55. The van der Waals surface area contributed by atoms with E-state index >= 15 is 0 Å². The Morgan fingerprint density at radius 1 is 1.40 bits per heavy atom. The zero-order chi connectivity index (χ0) is 14.8. The maximum atomic E-state index is 11.9. The fourth-order valence-electron chi connectivity index (χ4n) is 1.43. The molecule has 0 aliphatic rings. The van der Waals surface area contributed by atoms with Crippen LogP contribution < -0.4 is 4.72 Å². The van der Waals surface area contributed by atoms with Crippen molar-refractivity contribution in [3.8, 4) is 0 Å². The summed E-state index contributed by atoms with van der Waals surface area (Å²) in [5, 5.41) is 4.15. The third-order valence-electron chi connectivity index (χ3n) is 2.35. The molecule has 0 aliphatic heterocycles. The molecule has 2 rings (SSSR count). The molecule has 7 nitrogen and oxygen atoms in total. The number of aryl methyl sites for hydroxylation is 1. The van der Waals surface area contributed by atoms with Crippen molar-refractivity contribution >= 4 is 27.5 Å². The number of hydrogen-bond donors (Lipinski definition) is 1. The molecule has 0 radical (unpaired) electrons. The quantitative estimate of drug-likeness (QED) is 0.898. The van der Waals surface area contributed by atoms with Crippen molar-refractivity contribution in [2.24, 2.45) is 0 Å². The van der Waals surface area contributed by atoms with Gasteiger partial charge in [-0.1, -0.05) is 11.6 Å². The average molecular weight is 315 g/mol. The lowest BCUT2D eigenvalue weighted by molar-refractivity contribution is -0.120. The molecule has 0 saturated heterocycles. The first-order chi connectivity index (χ1) is 9.37. The molecular formula is C11H11ClN4O3S. The normalized spacial score (nSPS) is 11.3. The number of aromatic nitrogens is 3. The lowest BCUT2D eigenvalue weighted by Crippen LogP contribution is -2.33. The molecule has 2 aromatic heterocycles. The van der Waals surface area contributed by atoms with E-state index in [0.717, 1.165) is 0 Å². The van der Waals surface area contributed by atoms with Crippen LogP contribution in [0.5, 0.6) is 0 Å². The second-order valence-corrected chi connectivity index (χ2v) is 6.14. The van der Waals surface area contributed by atoms with E-state index in [9.17, 15) is 13.2 Å². The lowest BCUT2D eigenvalue weighted by atomic mass is 10.4. The fourth-order valence-corrected chi connectivity index (χ4v) is 2.50. The molecule has 0 bridgehead atoms. The average Bonchev–Trinajstić information content (AvgIpc) is 2.74. The van der Waals surface area contributed by atoms with E-state index in [1.165, 1.54) is 29.3 Å². The zero-order valence-corrected chi connectivity index (χ0v) is 12.0. The summed E-state index contributed by atoms with van der Waals surface area (Å²) in [5.41, 5.74) is 0.682. The van der Waals surface area contributed by atoms with Gasteiger partial charge in [-0.05, 0) is 19.1 Å². The van der Waals surface area contributed by atoms with Gasteiger partial charge in [-0.2, -0.15) is 5.10 Å². The van der Waals surface area contributed by atoms with Crippen LogP contribution in [-0.4, -0.2) is 29.1 Å². The molecule has 9 heteroatoms. The second-order valence-electron chi connectivity index (χ2n) is 4.02. The van der Waals surface area contributed by atoms with E-state index in [0.29, 0.717) is 10.7 Å². The fraction of sp³-hybridized carbons (Fsp3) is 0.182. The predicted octanol–water partition coefficient (Wildman–Crippen LogP) is 0.745. The summed E-state index contributed by atoms with van der Waals surface area (Å²) < 4.78 is 27.0. The summed E-state index contributed by atoms with van der Waals surface area (Å²) in [4.78, 5) is 15.5. The minimum absolute atomic E-state index is 0.0741. The van der Waals surface area contributed by atoms with E-state index in [4.69, 9.17) is 11.6 Å². The number of hydrogen-bond acceptors (Lipinski definition) is 5. The van der Waals surface area contributed by atoms with E-state index in [-0.39, 0.29) is 11.4 Å². The first-order valence-corrected chi connectivity index (χ1v) is 7.39. The van der Waals surface area contributed by atoms with Gasteiger partial charge in [-0.15, -0.1) is 0 Å². The number of rotatable bonds is 4. The van der Waals surface area contributed by atoms with Crippen molar-refractivity contribution in [1.29, 1.82) is 0 Å². The topological polar surface area (TPSA) is 94.0 Å². The molecule has 1 amide bonds. The minimum atomic E-state index is -3.93. The summed E-state index contributed by atoms with van der Waals surface area (Å²) in [6.45, 7) is 1.49. The van der Waals surface area contributed by atoms with Gasteiger partial charge in [0.25, 0.3) is 15.9 Å². The largest absolute Gasteiger partial charge is 0.272 e. The van der Waals surface area contributed by atoms with Gasteiger partial charge < -0.3 is 0 Å². The Morgan fingerprint density at radius 2 is 2.15 bits per heavy atom. The number of amides is 1. The van der Waals surface area contributed by atoms with Crippen molar-refractivity contribution in [2.45, 2.75) is 18.4 Å². The molecule has 0 spiro atoms. The van der Waals surface area contributed by atoms with Gasteiger partial charge in [-0.3, -0.25) is 14.5 Å². The van der Waals surface area contributed by atoms with E-state index in [1.54, 1.807) is 13.0 Å². The minimum Gasteiger partial charge on any atom is -0.272 e. The summed E-state index contributed by atoms with van der Waals surface area (Å²) in [6.07, 6.45) is 3.96. The van der Waals surface area contributed by atoms with Gasteiger partial charge >= 0.3 is 0 Å². The molecule has 0 aliphatic carbocycles. The number of carbonyl (C=O) groups excluding carboxylic acids is 1. The van der Waals surface area contributed by atoms with Crippen LogP contribution in [0.4, 0.5) is 0 Å². The van der Waals surface area contributed by atoms with Crippen molar-refractivity contribution in [3.63, 3.8) is 0 Å². The number of sulfonamides is 1. The van der Waals surface area contributed by atoms with Crippen molar-refractivity contribution in [2.75, 3.05) is 0 Å². The summed E-state index contributed by atoms with van der Waals surface area (Å²) >= 11 is 5.65. The molecule has 0 atom stereocenters. The second kappa shape index (κ2) is 5.59. The summed E-state index contributed by atoms with van der Waals surface area (Å²) in [6, 6.07) is 2.93. The highest BCUT2D eigenvalue weighted by atomic mass is 35.5. The Hall–Kier alpha value is -1.93. The summed E-state index contributed by atoms with van der Waals surface area (Å²) in [7, 11) is -3.93. The van der Waals surface area contributed by atoms with Crippen LogP contribution in [-0.2, 0) is 21.4 Å².